The Bertz CT molecular complexity index is 932. The lowest BCUT2D eigenvalue weighted by Crippen LogP contribution is -2.30. The van der Waals surface area contributed by atoms with Gasteiger partial charge in [-0.2, -0.15) is 0 Å². The molecule has 1 aromatic heterocycles. The summed E-state index contributed by atoms with van der Waals surface area (Å²) >= 11 is 5.94. The molecule has 0 amide bonds. The number of nitrogens with two attached hydrogens (primary N) is 1. The molecule has 1 aliphatic heterocycles. The van der Waals surface area contributed by atoms with E-state index in [1.165, 1.54) is 0 Å². The van der Waals surface area contributed by atoms with Gasteiger partial charge in [-0.15, -0.1) is 0 Å². The van der Waals surface area contributed by atoms with Crippen LogP contribution in [0.25, 0.3) is 0 Å². The summed E-state index contributed by atoms with van der Waals surface area (Å²) in [6.45, 7) is 1.31. The minimum atomic E-state index is -0.839. The van der Waals surface area contributed by atoms with E-state index < -0.39 is 23.9 Å². The lowest BCUT2D eigenvalue weighted by Gasteiger charge is -2.26. The number of halogens is 1. The fourth-order valence-electron chi connectivity index (χ4n) is 2.76. The Morgan fingerprint density at radius 1 is 1.35 bits per heavy atom. The van der Waals surface area contributed by atoms with E-state index in [1.54, 1.807) is 31.2 Å². The highest BCUT2D eigenvalue weighted by molar-refractivity contribution is 6.30. The minimum absolute atomic E-state index is 0.0138. The summed E-state index contributed by atoms with van der Waals surface area (Å²) in [7, 11) is 0. The van der Waals surface area contributed by atoms with Crippen molar-refractivity contribution < 1.29 is 23.8 Å². The van der Waals surface area contributed by atoms with Gasteiger partial charge in [0, 0.05) is 11.1 Å². The molecule has 2 aromatic rings. The molecule has 3 N–H and O–H groups in total. The topological polar surface area (TPSA) is 112 Å². The van der Waals surface area contributed by atoms with Gasteiger partial charge in [0.1, 0.15) is 17.9 Å². The van der Waals surface area contributed by atoms with Crippen molar-refractivity contribution in [3.63, 3.8) is 0 Å². The molecule has 0 unspecified atom stereocenters. The third kappa shape index (κ3) is 3.18. The largest absolute Gasteiger partial charge is 0.462 e. The van der Waals surface area contributed by atoms with Crippen LogP contribution in [0.4, 0.5) is 0 Å². The Kier molecular flexibility index (Phi) is 5.01. The number of aliphatic hydroxyl groups is 1. The summed E-state index contributed by atoms with van der Waals surface area (Å²) < 4.78 is 16.1. The van der Waals surface area contributed by atoms with Gasteiger partial charge >= 0.3 is 5.97 Å². The quantitative estimate of drug-likeness (QED) is 0.784. The summed E-state index contributed by atoms with van der Waals surface area (Å²) in [6.07, 6.45) is 0. The van der Waals surface area contributed by atoms with Crippen molar-refractivity contribution in [3.8, 4) is 5.75 Å². The van der Waals surface area contributed by atoms with Crippen LogP contribution in [0.15, 0.2) is 51.0 Å². The molecule has 8 heteroatoms. The van der Waals surface area contributed by atoms with Crippen LogP contribution >= 0.6 is 11.6 Å². The fraction of sp³-hybridized carbons (Fsp3) is 0.222. The molecule has 1 atom stereocenters. The number of esters is 1. The van der Waals surface area contributed by atoms with E-state index >= 15 is 0 Å². The Hall–Kier alpha value is -2.77. The standard InChI is InChI=1S/C18H16ClNO6/c1-2-24-18(23)14-13(9-3-5-10(19)6-4-9)16-15(26-17(14)20)12(22)7-11(8-21)25-16/h3-7,13,21H,2,8,20H2,1H3/t13-/m1/s1. The monoisotopic (exact) mass is 377 g/mol. The van der Waals surface area contributed by atoms with Crippen LogP contribution in [0.1, 0.15) is 29.9 Å². The second-order valence-electron chi connectivity index (χ2n) is 5.51. The first kappa shape index (κ1) is 18.0. The SMILES string of the molecule is CCOC(=O)C1=C(N)Oc2c(oc(CO)cc2=O)[C@@H]1c1ccc(Cl)cc1. The third-order valence-electron chi connectivity index (χ3n) is 3.86. The second kappa shape index (κ2) is 7.23. The number of fused-ring (bicyclic) bond motifs is 1. The molecule has 1 aliphatic rings. The molecular weight excluding hydrogens is 362 g/mol. The van der Waals surface area contributed by atoms with Crippen LogP contribution < -0.4 is 15.9 Å². The minimum Gasteiger partial charge on any atom is -0.462 e. The van der Waals surface area contributed by atoms with Gasteiger partial charge in [0.05, 0.1) is 12.5 Å². The molecule has 7 nitrogen and oxygen atoms in total. The van der Waals surface area contributed by atoms with Gasteiger partial charge in [0.25, 0.3) is 0 Å². The van der Waals surface area contributed by atoms with Gasteiger partial charge < -0.3 is 24.7 Å². The second-order valence-corrected chi connectivity index (χ2v) is 5.95. The highest BCUT2D eigenvalue weighted by Crippen LogP contribution is 2.41. The summed E-state index contributed by atoms with van der Waals surface area (Å²) in [5.74, 6) is -1.78. The van der Waals surface area contributed by atoms with Gasteiger partial charge in [-0.3, -0.25) is 4.79 Å². The number of benzene rings is 1. The van der Waals surface area contributed by atoms with Crippen molar-refractivity contribution in [2.75, 3.05) is 6.61 Å². The summed E-state index contributed by atoms with van der Waals surface area (Å²) in [4.78, 5) is 24.8. The predicted octanol–water partition coefficient (Wildman–Crippen LogP) is 2.04. The first-order valence-corrected chi connectivity index (χ1v) is 8.21. The zero-order valence-corrected chi connectivity index (χ0v) is 14.6. The van der Waals surface area contributed by atoms with Crippen LogP contribution in [0.5, 0.6) is 5.75 Å². The Balaban J connectivity index is 2.26. The number of carbonyl (C=O) groups excluding carboxylic acids is 1. The summed E-state index contributed by atoms with van der Waals surface area (Å²) in [5.41, 5.74) is 6.02. The fourth-order valence-corrected chi connectivity index (χ4v) is 2.88. The van der Waals surface area contributed by atoms with Crippen LogP contribution in [0.2, 0.25) is 5.02 Å². The van der Waals surface area contributed by atoms with E-state index in [2.05, 4.69) is 0 Å². The molecule has 0 saturated heterocycles. The molecule has 0 saturated carbocycles. The average Bonchev–Trinajstić information content (AvgIpc) is 2.62. The van der Waals surface area contributed by atoms with Crippen molar-refractivity contribution in [3.05, 3.63) is 74.1 Å². The number of rotatable bonds is 4. The molecule has 136 valence electrons. The molecule has 0 fully saturated rings. The number of ether oxygens (including phenoxy) is 2. The molecule has 0 bridgehead atoms. The Morgan fingerprint density at radius 3 is 2.65 bits per heavy atom. The van der Waals surface area contributed by atoms with Crippen LogP contribution in [-0.2, 0) is 16.1 Å². The van der Waals surface area contributed by atoms with Crippen molar-refractivity contribution in [2.45, 2.75) is 19.4 Å². The van der Waals surface area contributed by atoms with Crippen LogP contribution in [0, 0.1) is 0 Å². The van der Waals surface area contributed by atoms with E-state index in [9.17, 15) is 14.7 Å². The smallest absolute Gasteiger partial charge is 0.340 e. The van der Waals surface area contributed by atoms with Gasteiger partial charge in [-0.1, -0.05) is 23.7 Å². The zero-order valence-electron chi connectivity index (χ0n) is 13.8. The maximum Gasteiger partial charge on any atom is 0.340 e. The molecule has 26 heavy (non-hydrogen) atoms. The molecule has 0 spiro atoms. The zero-order chi connectivity index (χ0) is 18.8. The Labute approximate surface area is 153 Å². The summed E-state index contributed by atoms with van der Waals surface area (Å²) in [5, 5.41) is 9.85. The van der Waals surface area contributed by atoms with Crippen molar-refractivity contribution in [2.24, 2.45) is 5.73 Å². The van der Waals surface area contributed by atoms with Crippen LogP contribution in [0.3, 0.4) is 0 Å². The van der Waals surface area contributed by atoms with Gasteiger partial charge in [-0.25, -0.2) is 4.79 Å². The number of carbonyl (C=O) groups is 1. The van der Waals surface area contributed by atoms with E-state index in [0.29, 0.717) is 10.6 Å². The molecule has 0 aliphatic carbocycles. The molecule has 0 radical (unpaired) electrons. The first-order valence-electron chi connectivity index (χ1n) is 7.84. The average molecular weight is 378 g/mol. The number of hydrogen-bond acceptors (Lipinski definition) is 7. The maximum absolute atomic E-state index is 12.5. The summed E-state index contributed by atoms with van der Waals surface area (Å²) in [6, 6.07) is 7.75. The normalized spacial score (nSPS) is 16.0. The lowest BCUT2D eigenvalue weighted by atomic mass is 9.86. The van der Waals surface area contributed by atoms with Gasteiger partial charge in [-0.05, 0) is 24.6 Å². The molecular formula is C18H16ClNO6. The molecule has 3 rings (SSSR count). The van der Waals surface area contributed by atoms with E-state index in [4.69, 9.17) is 31.2 Å². The third-order valence-corrected chi connectivity index (χ3v) is 4.12. The number of hydrogen-bond donors (Lipinski definition) is 2. The highest BCUT2D eigenvalue weighted by atomic mass is 35.5. The maximum atomic E-state index is 12.5. The van der Waals surface area contributed by atoms with E-state index in [-0.39, 0.29) is 35.3 Å². The van der Waals surface area contributed by atoms with E-state index in [1.807, 2.05) is 0 Å². The van der Waals surface area contributed by atoms with Crippen molar-refractivity contribution >= 4 is 17.6 Å². The molecule has 1 aromatic carbocycles. The van der Waals surface area contributed by atoms with E-state index in [0.717, 1.165) is 6.07 Å². The van der Waals surface area contributed by atoms with Gasteiger partial charge in [0.15, 0.2) is 5.76 Å². The van der Waals surface area contributed by atoms with Crippen molar-refractivity contribution in [1.82, 2.24) is 0 Å². The molecule has 2 heterocycles. The highest BCUT2D eigenvalue weighted by Gasteiger charge is 2.39. The van der Waals surface area contributed by atoms with Gasteiger partial charge in [0.2, 0.25) is 17.1 Å². The number of aliphatic hydroxyl groups excluding tert-OH is 1. The Morgan fingerprint density at radius 2 is 2.04 bits per heavy atom. The first-order chi connectivity index (χ1) is 12.5. The van der Waals surface area contributed by atoms with Crippen LogP contribution in [-0.4, -0.2) is 17.7 Å². The predicted molar refractivity (Wildman–Crippen MR) is 92.7 cm³/mol. The lowest BCUT2D eigenvalue weighted by molar-refractivity contribution is -0.139. The van der Waals surface area contributed by atoms with Crippen molar-refractivity contribution in [1.29, 1.82) is 0 Å².